The van der Waals surface area contributed by atoms with Crippen LogP contribution < -0.4 is 11.1 Å². The summed E-state index contributed by atoms with van der Waals surface area (Å²) in [5.41, 5.74) is 5.82. The molecular formula is C11H20N2O2. The Hall–Kier alpha value is -0.610. The van der Waals surface area contributed by atoms with Crippen LogP contribution in [0.5, 0.6) is 0 Å². The van der Waals surface area contributed by atoms with Gasteiger partial charge in [0.2, 0.25) is 5.91 Å². The smallest absolute Gasteiger partial charge is 0.222 e. The number of hydrogen-bond acceptors (Lipinski definition) is 3. The number of rotatable bonds is 3. The molecule has 3 N–H and O–H groups in total. The van der Waals surface area contributed by atoms with Gasteiger partial charge in [-0.2, -0.15) is 0 Å². The molecule has 15 heavy (non-hydrogen) atoms. The second kappa shape index (κ2) is 4.49. The van der Waals surface area contributed by atoms with Crippen LogP contribution in [0.4, 0.5) is 0 Å². The van der Waals surface area contributed by atoms with E-state index < -0.39 is 0 Å². The Morgan fingerprint density at radius 3 is 2.60 bits per heavy atom. The second-order valence-electron chi connectivity index (χ2n) is 4.85. The number of hydrogen-bond donors (Lipinski definition) is 2. The molecule has 0 atom stereocenters. The molecule has 86 valence electrons. The van der Waals surface area contributed by atoms with Crippen LogP contribution >= 0.6 is 0 Å². The van der Waals surface area contributed by atoms with Crippen molar-refractivity contribution in [3.05, 3.63) is 0 Å². The lowest BCUT2D eigenvalue weighted by molar-refractivity contribution is -0.124. The van der Waals surface area contributed by atoms with Crippen LogP contribution in [-0.4, -0.2) is 30.7 Å². The van der Waals surface area contributed by atoms with Crippen molar-refractivity contribution in [3.63, 3.8) is 0 Å². The van der Waals surface area contributed by atoms with Crippen LogP contribution in [0.25, 0.3) is 0 Å². The number of carbonyl (C=O) groups excluding carboxylic acids is 1. The van der Waals surface area contributed by atoms with Gasteiger partial charge in [-0.3, -0.25) is 4.79 Å². The Kier molecular flexibility index (Phi) is 3.26. The minimum absolute atomic E-state index is 0.115. The molecule has 1 saturated carbocycles. The van der Waals surface area contributed by atoms with Crippen LogP contribution in [-0.2, 0) is 9.53 Å². The lowest BCUT2D eigenvalue weighted by Gasteiger charge is -2.38. The summed E-state index contributed by atoms with van der Waals surface area (Å²) in [6.07, 6.45) is 5.51. The van der Waals surface area contributed by atoms with Crippen molar-refractivity contribution in [2.75, 3.05) is 13.2 Å². The van der Waals surface area contributed by atoms with Crippen LogP contribution in [0.15, 0.2) is 0 Å². The average Bonchev–Trinajstić information content (AvgIpc) is 2.16. The lowest BCUT2D eigenvalue weighted by Crippen LogP contribution is -2.51. The lowest BCUT2D eigenvalue weighted by atomic mass is 9.75. The summed E-state index contributed by atoms with van der Waals surface area (Å²) in [4.78, 5) is 11.7. The third kappa shape index (κ3) is 2.92. The molecule has 1 heterocycles. The highest BCUT2D eigenvalue weighted by molar-refractivity contribution is 5.77. The molecule has 4 nitrogen and oxygen atoms in total. The highest BCUT2D eigenvalue weighted by Gasteiger charge is 2.35. The molecule has 1 saturated heterocycles. The molecule has 2 rings (SSSR count). The summed E-state index contributed by atoms with van der Waals surface area (Å²) in [6.45, 7) is 1.53. The molecule has 0 radical (unpaired) electrons. The highest BCUT2D eigenvalue weighted by atomic mass is 16.5. The van der Waals surface area contributed by atoms with Gasteiger partial charge in [-0.05, 0) is 32.1 Å². The maximum Gasteiger partial charge on any atom is 0.222 e. The summed E-state index contributed by atoms with van der Waals surface area (Å²) in [5.74, 6) is 0.115. The largest absolute Gasteiger partial charge is 0.381 e. The molecule has 0 unspecified atom stereocenters. The van der Waals surface area contributed by atoms with E-state index in [0.29, 0.717) is 12.5 Å². The molecule has 0 aromatic heterocycles. The van der Waals surface area contributed by atoms with E-state index in [1.165, 1.54) is 6.42 Å². The van der Waals surface area contributed by atoms with E-state index in [1.54, 1.807) is 0 Å². The minimum atomic E-state index is -0.199. The van der Waals surface area contributed by atoms with E-state index in [-0.39, 0.29) is 11.4 Å². The SMILES string of the molecule is NC1(CC(=O)NC2CCOCC2)CCC1. The van der Waals surface area contributed by atoms with Crippen molar-refractivity contribution in [2.45, 2.75) is 50.1 Å². The third-order valence-electron chi connectivity index (χ3n) is 3.45. The first-order valence-electron chi connectivity index (χ1n) is 5.84. The normalized spacial score (nSPS) is 25.7. The zero-order chi connectivity index (χ0) is 10.7. The Morgan fingerprint density at radius 1 is 1.40 bits per heavy atom. The molecule has 2 fully saturated rings. The summed E-state index contributed by atoms with van der Waals surface area (Å²) in [6, 6.07) is 0.301. The number of amides is 1. The van der Waals surface area contributed by atoms with Gasteiger partial charge in [0, 0.05) is 31.2 Å². The van der Waals surface area contributed by atoms with E-state index >= 15 is 0 Å². The van der Waals surface area contributed by atoms with Gasteiger partial charge in [0.1, 0.15) is 0 Å². The van der Waals surface area contributed by atoms with Gasteiger partial charge < -0.3 is 15.8 Å². The van der Waals surface area contributed by atoms with Crippen LogP contribution in [0, 0.1) is 0 Å². The Balaban J connectivity index is 1.71. The van der Waals surface area contributed by atoms with Gasteiger partial charge in [-0.1, -0.05) is 0 Å². The fraction of sp³-hybridized carbons (Fsp3) is 0.909. The summed E-state index contributed by atoms with van der Waals surface area (Å²) < 4.78 is 5.24. The third-order valence-corrected chi connectivity index (χ3v) is 3.45. The van der Waals surface area contributed by atoms with Gasteiger partial charge >= 0.3 is 0 Å². The van der Waals surface area contributed by atoms with Gasteiger partial charge in [-0.15, -0.1) is 0 Å². The second-order valence-corrected chi connectivity index (χ2v) is 4.85. The first-order chi connectivity index (χ1) is 7.18. The van der Waals surface area contributed by atoms with E-state index in [9.17, 15) is 4.79 Å². The fourth-order valence-corrected chi connectivity index (χ4v) is 2.25. The Morgan fingerprint density at radius 2 is 2.07 bits per heavy atom. The van der Waals surface area contributed by atoms with Gasteiger partial charge in [0.05, 0.1) is 0 Å². The van der Waals surface area contributed by atoms with Crippen LogP contribution in [0.2, 0.25) is 0 Å². The molecular weight excluding hydrogens is 192 g/mol. The monoisotopic (exact) mass is 212 g/mol. The quantitative estimate of drug-likeness (QED) is 0.718. The molecule has 1 amide bonds. The zero-order valence-corrected chi connectivity index (χ0v) is 9.13. The fourth-order valence-electron chi connectivity index (χ4n) is 2.25. The molecule has 0 bridgehead atoms. The van der Waals surface area contributed by atoms with Crippen molar-refractivity contribution in [1.29, 1.82) is 0 Å². The van der Waals surface area contributed by atoms with Crippen molar-refractivity contribution in [2.24, 2.45) is 5.73 Å². The molecule has 0 aromatic carbocycles. The zero-order valence-electron chi connectivity index (χ0n) is 9.13. The van der Waals surface area contributed by atoms with Crippen molar-refractivity contribution in [3.8, 4) is 0 Å². The molecule has 0 spiro atoms. The van der Waals surface area contributed by atoms with E-state index in [4.69, 9.17) is 10.5 Å². The minimum Gasteiger partial charge on any atom is -0.381 e. The molecule has 4 heteroatoms. The maximum absolute atomic E-state index is 11.7. The van der Waals surface area contributed by atoms with Gasteiger partial charge in [0.25, 0.3) is 0 Å². The predicted octanol–water partition coefficient (Wildman–Crippen LogP) is 0.553. The number of carbonyl (C=O) groups is 1. The molecule has 2 aliphatic rings. The number of nitrogens with one attached hydrogen (secondary N) is 1. The number of ether oxygens (including phenoxy) is 1. The highest BCUT2D eigenvalue weighted by Crippen LogP contribution is 2.32. The maximum atomic E-state index is 11.7. The van der Waals surface area contributed by atoms with E-state index in [1.807, 2.05) is 0 Å². The first-order valence-corrected chi connectivity index (χ1v) is 5.84. The van der Waals surface area contributed by atoms with Gasteiger partial charge in [-0.25, -0.2) is 0 Å². The molecule has 1 aliphatic carbocycles. The summed E-state index contributed by atoms with van der Waals surface area (Å²) in [5, 5.41) is 3.04. The topological polar surface area (TPSA) is 64.4 Å². The Bertz CT molecular complexity index is 233. The van der Waals surface area contributed by atoms with Crippen molar-refractivity contribution >= 4 is 5.91 Å². The standard InChI is InChI=1S/C11H20N2O2/c12-11(4-1-5-11)8-10(14)13-9-2-6-15-7-3-9/h9H,1-8,12H2,(H,13,14). The summed E-state index contributed by atoms with van der Waals surface area (Å²) in [7, 11) is 0. The first kappa shape index (κ1) is 10.9. The summed E-state index contributed by atoms with van der Waals surface area (Å²) >= 11 is 0. The van der Waals surface area contributed by atoms with Gasteiger partial charge in [0.15, 0.2) is 0 Å². The number of nitrogens with two attached hydrogens (primary N) is 1. The van der Waals surface area contributed by atoms with Crippen molar-refractivity contribution in [1.82, 2.24) is 5.32 Å². The van der Waals surface area contributed by atoms with Crippen LogP contribution in [0.1, 0.15) is 38.5 Å². The van der Waals surface area contributed by atoms with E-state index in [0.717, 1.165) is 38.9 Å². The van der Waals surface area contributed by atoms with Crippen LogP contribution in [0.3, 0.4) is 0 Å². The Labute approximate surface area is 90.5 Å². The van der Waals surface area contributed by atoms with Crippen molar-refractivity contribution < 1.29 is 9.53 Å². The van der Waals surface area contributed by atoms with E-state index in [2.05, 4.69) is 5.32 Å². The average molecular weight is 212 g/mol. The molecule has 1 aliphatic heterocycles. The molecule has 0 aromatic rings. The predicted molar refractivity (Wildman–Crippen MR) is 57.4 cm³/mol.